The minimum Gasteiger partial charge on any atom is -0.302 e. The summed E-state index contributed by atoms with van der Waals surface area (Å²) >= 11 is 8.93. The number of rotatable bonds is 4. The highest BCUT2D eigenvalue weighted by molar-refractivity contribution is 7.98. The van der Waals surface area contributed by atoms with E-state index >= 15 is 0 Å². The van der Waals surface area contributed by atoms with Crippen molar-refractivity contribution in [1.29, 1.82) is 0 Å². The first-order valence-corrected chi connectivity index (χ1v) is 11.1. The van der Waals surface area contributed by atoms with Gasteiger partial charge in [0.1, 0.15) is 6.17 Å². The Morgan fingerprint density at radius 2 is 2.24 bits per heavy atom. The minimum atomic E-state index is -1.06. The van der Waals surface area contributed by atoms with Crippen LogP contribution in [0.2, 0.25) is 5.02 Å². The number of thioether (sulfide) groups is 1. The predicted molar refractivity (Wildman–Crippen MR) is 113 cm³/mol. The van der Waals surface area contributed by atoms with E-state index in [1.807, 2.05) is 6.07 Å². The van der Waals surface area contributed by atoms with Crippen LogP contribution in [0.15, 0.2) is 29.3 Å². The molecule has 1 amide bonds. The van der Waals surface area contributed by atoms with Gasteiger partial charge in [-0.15, -0.1) is 11.8 Å². The molecule has 0 unspecified atom stereocenters. The fourth-order valence-corrected chi connectivity index (χ4v) is 5.24. The van der Waals surface area contributed by atoms with E-state index in [0.29, 0.717) is 32.2 Å². The first kappa shape index (κ1) is 18.8. The number of carbonyl (C=O) groups is 1. The standard InChI is InChI=1S/C19H13ClF2N4OS2/c1-28-17-15(22)14(20)13(9-6-23-26-16(9)17)7-2-3-11-12(4-7)29-19(24-11)25-18(27)8-5-10(8)21/h2-4,6,8,10H,5H2,1H3,(H,23,26)(H,24,25,27)/t8-,10+/m1/s1. The number of aromatic amines is 1. The van der Waals surface area contributed by atoms with Gasteiger partial charge in [0.15, 0.2) is 10.9 Å². The molecule has 2 aromatic heterocycles. The Labute approximate surface area is 176 Å². The van der Waals surface area contributed by atoms with Gasteiger partial charge in [0, 0.05) is 10.9 Å². The minimum absolute atomic E-state index is 0.0309. The van der Waals surface area contributed by atoms with Gasteiger partial charge in [-0.05, 0) is 30.4 Å². The third-order valence-corrected chi connectivity index (χ3v) is 6.99. The van der Waals surface area contributed by atoms with Gasteiger partial charge in [0.05, 0.1) is 37.8 Å². The summed E-state index contributed by atoms with van der Waals surface area (Å²) in [6.07, 6.45) is 2.61. The summed E-state index contributed by atoms with van der Waals surface area (Å²) < 4.78 is 28.7. The number of aromatic nitrogens is 3. The molecule has 2 atom stereocenters. The summed E-state index contributed by atoms with van der Waals surface area (Å²) in [5.41, 5.74) is 2.54. The maximum atomic E-state index is 14.8. The molecule has 1 saturated carbocycles. The van der Waals surface area contributed by atoms with Gasteiger partial charge in [-0.25, -0.2) is 13.8 Å². The Bertz CT molecular complexity index is 1290. The van der Waals surface area contributed by atoms with Crippen LogP contribution in [0.1, 0.15) is 6.42 Å². The van der Waals surface area contributed by atoms with Crippen LogP contribution in [0.25, 0.3) is 32.2 Å². The lowest BCUT2D eigenvalue weighted by molar-refractivity contribution is -0.117. The van der Waals surface area contributed by atoms with Crippen LogP contribution in [-0.2, 0) is 4.79 Å². The highest BCUT2D eigenvalue weighted by atomic mass is 35.5. The third-order valence-electron chi connectivity index (χ3n) is 4.91. The molecule has 1 aliphatic carbocycles. The number of amides is 1. The van der Waals surface area contributed by atoms with Gasteiger partial charge in [-0.3, -0.25) is 9.89 Å². The van der Waals surface area contributed by atoms with E-state index in [-0.39, 0.29) is 17.4 Å². The van der Waals surface area contributed by atoms with Crippen LogP contribution in [-0.4, -0.2) is 33.5 Å². The third kappa shape index (κ3) is 3.08. The van der Waals surface area contributed by atoms with Crippen molar-refractivity contribution in [3.63, 3.8) is 0 Å². The largest absolute Gasteiger partial charge is 0.302 e. The second-order valence-corrected chi connectivity index (χ2v) is 8.97. The van der Waals surface area contributed by atoms with Crippen molar-refractivity contribution in [3.05, 3.63) is 35.2 Å². The Kier molecular flexibility index (Phi) is 4.49. The zero-order valence-electron chi connectivity index (χ0n) is 14.9. The summed E-state index contributed by atoms with van der Waals surface area (Å²) in [5, 5.41) is 10.7. The summed E-state index contributed by atoms with van der Waals surface area (Å²) in [5.74, 6) is -1.42. The molecule has 2 heterocycles. The van der Waals surface area contributed by atoms with E-state index in [4.69, 9.17) is 11.6 Å². The van der Waals surface area contributed by atoms with E-state index in [9.17, 15) is 13.6 Å². The molecule has 0 radical (unpaired) electrons. The number of anilines is 1. The van der Waals surface area contributed by atoms with Crippen molar-refractivity contribution in [2.75, 3.05) is 11.6 Å². The van der Waals surface area contributed by atoms with Gasteiger partial charge in [0.2, 0.25) is 5.91 Å². The lowest BCUT2D eigenvalue weighted by Gasteiger charge is -2.11. The average Bonchev–Trinajstić information content (AvgIpc) is 3.08. The number of hydrogen-bond acceptors (Lipinski definition) is 5. The molecule has 0 saturated heterocycles. The van der Waals surface area contributed by atoms with Crippen LogP contribution in [0.5, 0.6) is 0 Å². The fraction of sp³-hybridized carbons (Fsp3) is 0.211. The molecule has 148 valence electrons. The number of nitrogens with zero attached hydrogens (tertiary/aromatic N) is 2. The van der Waals surface area contributed by atoms with Gasteiger partial charge in [-0.2, -0.15) is 5.10 Å². The van der Waals surface area contributed by atoms with Gasteiger partial charge in [0.25, 0.3) is 0 Å². The van der Waals surface area contributed by atoms with Crippen LogP contribution >= 0.6 is 34.7 Å². The van der Waals surface area contributed by atoms with Crippen LogP contribution in [0.3, 0.4) is 0 Å². The first-order valence-electron chi connectivity index (χ1n) is 8.72. The van der Waals surface area contributed by atoms with Gasteiger partial charge < -0.3 is 5.32 Å². The number of thiazole rings is 1. The monoisotopic (exact) mass is 450 g/mol. The molecule has 1 aliphatic rings. The van der Waals surface area contributed by atoms with Crippen molar-refractivity contribution in [2.45, 2.75) is 17.5 Å². The summed E-state index contributed by atoms with van der Waals surface area (Å²) in [6, 6.07) is 5.44. The quantitative estimate of drug-likeness (QED) is 0.394. The van der Waals surface area contributed by atoms with E-state index < -0.39 is 17.9 Å². The molecule has 4 aromatic rings. The van der Waals surface area contributed by atoms with Crippen LogP contribution in [0.4, 0.5) is 13.9 Å². The van der Waals surface area contributed by atoms with Crippen molar-refractivity contribution in [2.24, 2.45) is 5.92 Å². The summed E-state index contributed by atoms with van der Waals surface area (Å²) in [7, 11) is 0. The fourth-order valence-electron chi connectivity index (χ4n) is 3.33. The lowest BCUT2D eigenvalue weighted by atomic mass is 10.0. The van der Waals surface area contributed by atoms with Crippen molar-refractivity contribution in [3.8, 4) is 11.1 Å². The second kappa shape index (κ2) is 6.93. The first-order chi connectivity index (χ1) is 14.0. The molecule has 2 aromatic carbocycles. The molecule has 5 nitrogen and oxygen atoms in total. The van der Waals surface area contributed by atoms with E-state index in [1.165, 1.54) is 23.1 Å². The molecule has 0 aliphatic heterocycles. The number of carbonyl (C=O) groups excluding carboxylic acids is 1. The van der Waals surface area contributed by atoms with E-state index in [0.717, 1.165) is 10.1 Å². The topological polar surface area (TPSA) is 70.7 Å². The van der Waals surface area contributed by atoms with Crippen molar-refractivity contribution < 1.29 is 13.6 Å². The molecule has 5 rings (SSSR count). The number of H-pyrrole nitrogens is 1. The summed E-state index contributed by atoms with van der Waals surface area (Å²) in [6.45, 7) is 0. The number of benzene rings is 2. The van der Waals surface area contributed by atoms with Crippen molar-refractivity contribution >= 4 is 66.9 Å². The Balaban J connectivity index is 1.58. The normalized spacial score (nSPS) is 18.5. The van der Waals surface area contributed by atoms with Gasteiger partial charge >= 0.3 is 0 Å². The average molecular weight is 451 g/mol. The number of hydrogen-bond donors (Lipinski definition) is 2. The van der Waals surface area contributed by atoms with E-state index in [1.54, 1.807) is 24.6 Å². The number of alkyl halides is 1. The lowest BCUT2D eigenvalue weighted by Crippen LogP contribution is -2.14. The predicted octanol–water partition coefficient (Wildman–Crippen LogP) is 5.65. The zero-order chi connectivity index (χ0) is 20.3. The Morgan fingerprint density at radius 3 is 2.97 bits per heavy atom. The van der Waals surface area contributed by atoms with Crippen LogP contribution in [0, 0.1) is 11.7 Å². The van der Waals surface area contributed by atoms with Crippen LogP contribution < -0.4 is 5.32 Å². The van der Waals surface area contributed by atoms with Gasteiger partial charge in [-0.1, -0.05) is 29.0 Å². The number of fused-ring (bicyclic) bond motifs is 2. The Morgan fingerprint density at radius 1 is 1.45 bits per heavy atom. The smallest absolute Gasteiger partial charge is 0.232 e. The Hall–Kier alpha value is -2.23. The highest BCUT2D eigenvalue weighted by Crippen LogP contribution is 2.43. The number of nitrogens with one attached hydrogen (secondary N) is 2. The molecule has 1 fully saturated rings. The van der Waals surface area contributed by atoms with Crippen molar-refractivity contribution in [1.82, 2.24) is 15.2 Å². The maximum absolute atomic E-state index is 14.8. The molecule has 0 bridgehead atoms. The molecular formula is C19H13ClF2N4OS2. The molecular weight excluding hydrogens is 438 g/mol. The molecule has 2 N–H and O–H groups in total. The SMILES string of the molecule is CSc1c(F)c(Cl)c(-c2ccc3nc(NC(=O)[C@@H]4C[C@@H]4F)sc3c2)c2cn[nH]c12. The molecule has 10 heteroatoms. The molecule has 0 spiro atoms. The molecule has 29 heavy (non-hydrogen) atoms. The zero-order valence-corrected chi connectivity index (χ0v) is 17.3. The second-order valence-electron chi connectivity index (χ2n) is 6.74. The highest BCUT2D eigenvalue weighted by Gasteiger charge is 2.43. The van der Waals surface area contributed by atoms with E-state index in [2.05, 4.69) is 20.5 Å². The summed E-state index contributed by atoms with van der Waals surface area (Å²) in [4.78, 5) is 16.7. The number of halogens is 3. The maximum Gasteiger partial charge on any atom is 0.232 e.